The van der Waals surface area contributed by atoms with Crippen molar-refractivity contribution in [2.75, 3.05) is 26.2 Å². The molecule has 0 unspecified atom stereocenters. The lowest BCUT2D eigenvalue weighted by Crippen LogP contribution is -2.38. The molecule has 1 fully saturated rings. The van der Waals surface area contributed by atoms with Gasteiger partial charge in [0.2, 0.25) is 21.8 Å². The topological polar surface area (TPSA) is 95.6 Å². The number of carbonyl (C=O) groups is 2. The van der Waals surface area contributed by atoms with Gasteiger partial charge in [-0.05, 0) is 19.1 Å². The summed E-state index contributed by atoms with van der Waals surface area (Å²) in [6.07, 6.45) is 0.218. The molecule has 0 saturated carbocycles. The molecule has 1 heterocycles. The molecular formula is C15H21N3O4S. The third kappa shape index (κ3) is 4.52. The molecule has 8 heteroatoms. The zero-order chi connectivity index (χ0) is 16.9. The molecule has 7 nitrogen and oxygen atoms in total. The molecule has 0 aromatic heterocycles. The Morgan fingerprint density at radius 2 is 1.96 bits per heavy atom. The van der Waals surface area contributed by atoms with Crippen LogP contribution in [0, 0.1) is 5.92 Å². The normalized spacial score (nSPS) is 18.2. The molecule has 1 aliphatic heterocycles. The molecule has 1 atom stereocenters. The van der Waals surface area contributed by atoms with Crippen LogP contribution in [0.3, 0.4) is 0 Å². The van der Waals surface area contributed by atoms with Crippen LogP contribution in [0.25, 0.3) is 0 Å². The lowest BCUT2D eigenvalue weighted by Gasteiger charge is -2.13. The number of amides is 2. The molecule has 2 rings (SSSR count). The fourth-order valence-corrected chi connectivity index (χ4v) is 3.50. The minimum atomic E-state index is -3.56. The Balaban J connectivity index is 1.75. The van der Waals surface area contributed by atoms with Crippen LogP contribution in [-0.2, 0) is 19.6 Å². The van der Waals surface area contributed by atoms with Gasteiger partial charge >= 0.3 is 0 Å². The van der Waals surface area contributed by atoms with Crippen LogP contribution in [0.4, 0.5) is 0 Å². The van der Waals surface area contributed by atoms with E-state index in [1.54, 1.807) is 23.1 Å². The van der Waals surface area contributed by atoms with Gasteiger partial charge in [0.1, 0.15) is 0 Å². The summed E-state index contributed by atoms with van der Waals surface area (Å²) >= 11 is 0. The van der Waals surface area contributed by atoms with E-state index in [9.17, 15) is 18.0 Å². The summed E-state index contributed by atoms with van der Waals surface area (Å²) in [4.78, 5) is 25.4. The lowest BCUT2D eigenvalue weighted by molar-refractivity contribution is -0.128. The predicted octanol–water partition coefficient (Wildman–Crippen LogP) is -0.0505. The lowest BCUT2D eigenvalue weighted by atomic mass is 10.1. The Labute approximate surface area is 136 Å². The van der Waals surface area contributed by atoms with Crippen molar-refractivity contribution in [3.63, 3.8) is 0 Å². The summed E-state index contributed by atoms with van der Waals surface area (Å²) < 4.78 is 26.4. The Hall–Kier alpha value is -1.93. The van der Waals surface area contributed by atoms with Crippen LogP contribution < -0.4 is 10.0 Å². The Morgan fingerprint density at radius 1 is 1.26 bits per heavy atom. The van der Waals surface area contributed by atoms with Crippen LogP contribution in [0.2, 0.25) is 0 Å². The van der Waals surface area contributed by atoms with Gasteiger partial charge in [-0.15, -0.1) is 0 Å². The quantitative estimate of drug-likeness (QED) is 0.681. The van der Waals surface area contributed by atoms with Gasteiger partial charge in [0.25, 0.3) is 0 Å². The number of carbonyl (C=O) groups excluding carboxylic acids is 2. The van der Waals surface area contributed by atoms with Gasteiger partial charge in [-0.3, -0.25) is 9.59 Å². The summed E-state index contributed by atoms with van der Waals surface area (Å²) in [5.74, 6) is -0.584. The number of nitrogens with zero attached hydrogens (tertiary/aromatic N) is 1. The van der Waals surface area contributed by atoms with Crippen molar-refractivity contribution in [3.8, 4) is 0 Å². The third-order valence-corrected chi connectivity index (χ3v) is 5.21. The maximum absolute atomic E-state index is 12.0. The standard InChI is InChI=1S/C15H21N3O4S/c1-2-18-11-12(10-14(18)19)15(20)16-8-9-17-23(21,22)13-6-4-3-5-7-13/h3-7,12,17H,2,8-11H2,1H3,(H,16,20)/t12-/m0/s1. The maximum atomic E-state index is 12.0. The number of nitrogens with one attached hydrogen (secondary N) is 2. The summed E-state index contributed by atoms with van der Waals surface area (Å²) in [6, 6.07) is 8.04. The third-order valence-electron chi connectivity index (χ3n) is 3.74. The van der Waals surface area contributed by atoms with Crippen molar-refractivity contribution in [2.45, 2.75) is 18.2 Å². The molecular weight excluding hydrogens is 318 g/mol. The van der Waals surface area contributed by atoms with Gasteiger partial charge in [0.05, 0.1) is 10.8 Å². The van der Waals surface area contributed by atoms with Crippen LogP contribution >= 0.6 is 0 Å². The van der Waals surface area contributed by atoms with Gasteiger partial charge in [-0.1, -0.05) is 18.2 Å². The van der Waals surface area contributed by atoms with E-state index in [2.05, 4.69) is 10.0 Å². The highest BCUT2D eigenvalue weighted by atomic mass is 32.2. The van der Waals surface area contributed by atoms with Gasteiger partial charge in [-0.25, -0.2) is 13.1 Å². The molecule has 23 heavy (non-hydrogen) atoms. The zero-order valence-electron chi connectivity index (χ0n) is 13.0. The van der Waals surface area contributed by atoms with Gasteiger partial charge in [0.15, 0.2) is 0 Å². The molecule has 1 aliphatic rings. The highest BCUT2D eigenvalue weighted by molar-refractivity contribution is 7.89. The molecule has 0 aliphatic carbocycles. The van der Waals surface area contributed by atoms with Gasteiger partial charge in [-0.2, -0.15) is 0 Å². The first-order valence-electron chi connectivity index (χ1n) is 7.54. The first-order chi connectivity index (χ1) is 10.9. The van der Waals surface area contributed by atoms with Crippen molar-refractivity contribution in [1.29, 1.82) is 0 Å². The van der Waals surface area contributed by atoms with E-state index >= 15 is 0 Å². The second-order valence-corrected chi connectivity index (χ2v) is 7.10. The van der Waals surface area contributed by atoms with Crippen molar-refractivity contribution < 1.29 is 18.0 Å². The first-order valence-corrected chi connectivity index (χ1v) is 9.02. The van der Waals surface area contributed by atoms with Crippen LogP contribution in [0.15, 0.2) is 35.2 Å². The van der Waals surface area contributed by atoms with Gasteiger partial charge in [0, 0.05) is 32.6 Å². The van der Waals surface area contributed by atoms with Crippen LogP contribution in [0.5, 0.6) is 0 Å². The summed E-state index contributed by atoms with van der Waals surface area (Å²) in [5, 5.41) is 2.67. The largest absolute Gasteiger partial charge is 0.354 e. The average molecular weight is 339 g/mol. The number of benzene rings is 1. The van der Waals surface area contributed by atoms with Gasteiger partial charge < -0.3 is 10.2 Å². The second kappa shape index (κ2) is 7.56. The fraction of sp³-hybridized carbons (Fsp3) is 0.467. The molecule has 0 radical (unpaired) electrons. The summed E-state index contributed by atoms with van der Waals surface area (Å²) in [6.45, 7) is 3.18. The summed E-state index contributed by atoms with van der Waals surface area (Å²) in [5.41, 5.74) is 0. The fourth-order valence-electron chi connectivity index (χ4n) is 2.45. The maximum Gasteiger partial charge on any atom is 0.240 e. The monoisotopic (exact) mass is 339 g/mol. The Bertz CT molecular complexity index is 661. The zero-order valence-corrected chi connectivity index (χ0v) is 13.8. The molecule has 2 N–H and O–H groups in total. The number of likely N-dealkylation sites (tertiary alicyclic amines) is 1. The number of hydrogen-bond acceptors (Lipinski definition) is 4. The van der Waals surface area contributed by atoms with E-state index in [4.69, 9.17) is 0 Å². The highest BCUT2D eigenvalue weighted by Crippen LogP contribution is 2.17. The Morgan fingerprint density at radius 3 is 2.57 bits per heavy atom. The first kappa shape index (κ1) is 17.4. The number of hydrogen-bond donors (Lipinski definition) is 2. The molecule has 1 aromatic carbocycles. The molecule has 2 amide bonds. The molecule has 0 bridgehead atoms. The molecule has 1 aromatic rings. The van der Waals surface area contributed by atoms with Crippen LogP contribution in [0.1, 0.15) is 13.3 Å². The number of sulfonamides is 1. The van der Waals surface area contributed by atoms with E-state index < -0.39 is 10.0 Å². The van der Waals surface area contributed by atoms with E-state index in [-0.39, 0.29) is 42.1 Å². The SMILES string of the molecule is CCN1C[C@@H](C(=O)NCCNS(=O)(=O)c2ccccc2)CC1=O. The van der Waals surface area contributed by atoms with Crippen LogP contribution in [-0.4, -0.2) is 51.3 Å². The average Bonchev–Trinajstić information content (AvgIpc) is 2.93. The summed E-state index contributed by atoms with van der Waals surface area (Å²) in [7, 11) is -3.56. The molecule has 126 valence electrons. The predicted molar refractivity (Wildman–Crippen MR) is 85.0 cm³/mol. The molecule has 1 saturated heterocycles. The van der Waals surface area contributed by atoms with Crippen molar-refractivity contribution in [1.82, 2.24) is 14.9 Å². The number of rotatable bonds is 7. The highest BCUT2D eigenvalue weighted by Gasteiger charge is 2.33. The smallest absolute Gasteiger partial charge is 0.240 e. The van der Waals surface area contributed by atoms with E-state index in [0.717, 1.165) is 0 Å². The minimum absolute atomic E-state index is 0.0163. The van der Waals surface area contributed by atoms with E-state index in [0.29, 0.717) is 13.1 Å². The second-order valence-electron chi connectivity index (χ2n) is 5.34. The molecule has 0 spiro atoms. The van der Waals surface area contributed by atoms with Crippen molar-refractivity contribution in [3.05, 3.63) is 30.3 Å². The van der Waals surface area contributed by atoms with E-state index in [1.165, 1.54) is 12.1 Å². The Kier molecular flexibility index (Phi) is 5.73. The minimum Gasteiger partial charge on any atom is -0.354 e. The van der Waals surface area contributed by atoms with E-state index in [1.807, 2.05) is 6.92 Å². The van der Waals surface area contributed by atoms with Crippen molar-refractivity contribution >= 4 is 21.8 Å². The van der Waals surface area contributed by atoms with Crippen molar-refractivity contribution in [2.24, 2.45) is 5.92 Å².